The molecule has 1 aromatic carbocycles. The third-order valence-electron chi connectivity index (χ3n) is 3.05. The van der Waals surface area contributed by atoms with Gasteiger partial charge in [-0.2, -0.15) is 0 Å². The van der Waals surface area contributed by atoms with E-state index in [-0.39, 0.29) is 0 Å². The van der Waals surface area contributed by atoms with Crippen LogP contribution in [-0.2, 0) is 8.85 Å². The molecule has 2 rings (SSSR count). The molecule has 15 heavy (non-hydrogen) atoms. The number of benzene rings is 1. The standard InChI is InChI=1S/C12H18O2Si/c1-11-7-6-10-15(13-2,14-11)12-8-4-3-5-9-12/h3-5,8-9,11H,6-7,10H2,1-2H3. The predicted molar refractivity (Wildman–Crippen MR) is 63.4 cm³/mol. The second-order valence-corrected chi connectivity index (χ2v) is 7.37. The van der Waals surface area contributed by atoms with E-state index in [2.05, 4.69) is 31.2 Å². The highest BCUT2D eigenvalue weighted by Crippen LogP contribution is 2.26. The van der Waals surface area contributed by atoms with Gasteiger partial charge in [-0.1, -0.05) is 30.3 Å². The van der Waals surface area contributed by atoms with Crippen LogP contribution in [0.25, 0.3) is 0 Å². The molecule has 0 bridgehead atoms. The molecule has 0 aliphatic carbocycles. The summed E-state index contributed by atoms with van der Waals surface area (Å²) in [5, 5.41) is 1.26. The van der Waals surface area contributed by atoms with Crippen LogP contribution in [0, 0.1) is 0 Å². The number of hydrogen-bond donors (Lipinski definition) is 0. The van der Waals surface area contributed by atoms with E-state index in [1.54, 1.807) is 7.11 Å². The maximum Gasteiger partial charge on any atom is 0.372 e. The Hall–Kier alpha value is -0.643. The highest BCUT2D eigenvalue weighted by molar-refractivity contribution is 6.81. The number of hydrogen-bond acceptors (Lipinski definition) is 2. The van der Waals surface area contributed by atoms with Gasteiger partial charge in [-0.15, -0.1) is 0 Å². The van der Waals surface area contributed by atoms with E-state index in [0.29, 0.717) is 6.10 Å². The van der Waals surface area contributed by atoms with Crippen molar-refractivity contribution in [3.05, 3.63) is 30.3 Å². The Labute approximate surface area is 92.5 Å². The summed E-state index contributed by atoms with van der Waals surface area (Å²) < 4.78 is 11.9. The fourth-order valence-electron chi connectivity index (χ4n) is 2.24. The summed E-state index contributed by atoms with van der Waals surface area (Å²) in [6, 6.07) is 11.5. The van der Waals surface area contributed by atoms with Gasteiger partial charge in [-0.25, -0.2) is 0 Å². The van der Waals surface area contributed by atoms with Crippen LogP contribution in [0.1, 0.15) is 19.8 Å². The van der Waals surface area contributed by atoms with Gasteiger partial charge in [0.25, 0.3) is 0 Å². The van der Waals surface area contributed by atoms with E-state index < -0.39 is 8.56 Å². The van der Waals surface area contributed by atoms with Gasteiger partial charge in [0.2, 0.25) is 0 Å². The van der Waals surface area contributed by atoms with Crippen LogP contribution in [0.4, 0.5) is 0 Å². The van der Waals surface area contributed by atoms with Crippen LogP contribution in [0.3, 0.4) is 0 Å². The highest BCUT2D eigenvalue weighted by atomic mass is 28.4. The van der Waals surface area contributed by atoms with Crippen LogP contribution in [0.15, 0.2) is 30.3 Å². The van der Waals surface area contributed by atoms with Crippen molar-refractivity contribution in [3.8, 4) is 0 Å². The van der Waals surface area contributed by atoms with Crippen LogP contribution in [-0.4, -0.2) is 21.8 Å². The van der Waals surface area contributed by atoms with Crippen molar-refractivity contribution in [3.63, 3.8) is 0 Å². The van der Waals surface area contributed by atoms with Crippen molar-refractivity contribution in [2.24, 2.45) is 0 Å². The van der Waals surface area contributed by atoms with Crippen molar-refractivity contribution in [1.82, 2.24) is 0 Å². The van der Waals surface area contributed by atoms with Crippen molar-refractivity contribution < 1.29 is 8.85 Å². The molecule has 0 radical (unpaired) electrons. The van der Waals surface area contributed by atoms with Gasteiger partial charge < -0.3 is 8.85 Å². The molecule has 1 aliphatic rings. The first-order valence-electron chi connectivity index (χ1n) is 5.55. The van der Waals surface area contributed by atoms with Gasteiger partial charge in [-0.05, 0) is 31.0 Å². The Bertz CT molecular complexity index is 315. The molecule has 0 amide bonds. The lowest BCUT2D eigenvalue weighted by molar-refractivity contribution is 0.123. The zero-order valence-electron chi connectivity index (χ0n) is 9.40. The fraction of sp³-hybridized carbons (Fsp3) is 0.500. The average Bonchev–Trinajstić information content (AvgIpc) is 2.30. The molecular formula is C12H18O2Si. The van der Waals surface area contributed by atoms with Gasteiger partial charge in [-0.3, -0.25) is 0 Å². The lowest BCUT2D eigenvalue weighted by Crippen LogP contribution is -2.56. The summed E-state index contributed by atoms with van der Waals surface area (Å²) in [4.78, 5) is 0. The third kappa shape index (κ3) is 2.14. The Kier molecular flexibility index (Phi) is 3.24. The largest absolute Gasteiger partial charge is 0.394 e. The molecule has 82 valence electrons. The molecular weight excluding hydrogens is 204 g/mol. The normalized spacial score (nSPS) is 31.5. The Balaban J connectivity index is 2.28. The molecule has 1 aromatic rings. The average molecular weight is 222 g/mol. The minimum atomic E-state index is -2.10. The Morgan fingerprint density at radius 1 is 1.33 bits per heavy atom. The molecule has 2 unspecified atom stereocenters. The molecule has 1 fully saturated rings. The van der Waals surface area contributed by atoms with Gasteiger partial charge in [0.15, 0.2) is 0 Å². The zero-order chi connectivity index (χ0) is 10.7. The predicted octanol–water partition coefficient (Wildman–Crippen LogP) is 2.18. The van der Waals surface area contributed by atoms with Crippen LogP contribution in [0.2, 0.25) is 6.04 Å². The third-order valence-corrected chi connectivity index (χ3v) is 6.72. The van der Waals surface area contributed by atoms with Crippen molar-refractivity contribution >= 4 is 13.7 Å². The van der Waals surface area contributed by atoms with Gasteiger partial charge in [0, 0.05) is 13.2 Å². The van der Waals surface area contributed by atoms with Gasteiger partial charge in [0.1, 0.15) is 0 Å². The second-order valence-electron chi connectivity index (χ2n) is 4.14. The molecule has 2 nitrogen and oxygen atoms in total. The summed E-state index contributed by atoms with van der Waals surface area (Å²) in [6.45, 7) is 2.14. The lowest BCUT2D eigenvalue weighted by Gasteiger charge is -2.36. The lowest BCUT2D eigenvalue weighted by atomic mass is 10.2. The molecule has 1 aliphatic heterocycles. The summed E-state index contributed by atoms with van der Waals surface area (Å²) in [6.07, 6.45) is 2.71. The van der Waals surface area contributed by atoms with Crippen LogP contribution >= 0.6 is 0 Å². The summed E-state index contributed by atoms with van der Waals surface area (Å²) in [5.74, 6) is 0. The molecule has 1 saturated heterocycles. The molecule has 0 saturated carbocycles. The van der Waals surface area contributed by atoms with E-state index in [4.69, 9.17) is 8.85 Å². The topological polar surface area (TPSA) is 18.5 Å². The first-order chi connectivity index (χ1) is 7.27. The van der Waals surface area contributed by atoms with E-state index in [0.717, 1.165) is 12.5 Å². The highest BCUT2D eigenvalue weighted by Gasteiger charge is 2.42. The maximum absolute atomic E-state index is 6.13. The van der Waals surface area contributed by atoms with Gasteiger partial charge in [0.05, 0.1) is 0 Å². The zero-order valence-corrected chi connectivity index (χ0v) is 10.4. The summed E-state index contributed by atoms with van der Waals surface area (Å²) >= 11 is 0. The molecule has 0 N–H and O–H groups in total. The Morgan fingerprint density at radius 3 is 2.67 bits per heavy atom. The summed E-state index contributed by atoms with van der Waals surface area (Å²) in [7, 11) is -0.307. The minimum absolute atomic E-state index is 0.338. The quantitative estimate of drug-likeness (QED) is 0.714. The smallest absolute Gasteiger partial charge is 0.372 e. The SMILES string of the molecule is CO[Si]1(c2ccccc2)CCCC(C)O1. The monoisotopic (exact) mass is 222 g/mol. The minimum Gasteiger partial charge on any atom is -0.394 e. The maximum atomic E-state index is 6.13. The molecule has 0 spiro atoms. The Morgan fingerprint density at radius 2 is 2.07 bits per heavy atom. The fourth-order valence-corrected chi connectivity index (χ4v) is 5.45. The van der Waals surface area contributed by atoms with E-state index in [1.165, 1.54) is 11.6 Å². The van der Waals surface area contributed by atoms with Crippen LogP contribution in [0.5, 0.6) is 0 Å². The molecule has 0 aromatic heterocycles. The van der Waals surface area contributed by atoms with E-state index >= 15 is 0 Å². The molecule has 3 heteroatoms. The van der Waals surface area contributed by atoms with Gasteiger partial charge >= 0.3 is 8.56 Å². The first kappa shape index (κ1) is 10.9. The van der Waals surface area contributed by atoms with Crippen molar-refractivity contribution in [2.75, 3.05) is 7.11 Å². The molecule has 1 heterocycles. The van der Waals surface area contributed by atoms with E-state index in [1.807, 2.05) is 6.07 Å². The molecule has 2 atom stereocenters. The van der Waals surface area contributed by atoms with Crippen molar-refractivity contribution in [2.45, 2.75) is 31.9 Å². The summed E-state index contributed by atoms with van der Waals surface area (Å²) in [5.41, 5.74) is 0. The van der Waals surface area contributed by atoms with Crippen LogP contribution < -0.4 is 5.19 Å². The van der Waals surface area contributed by atoms with Crippen molar-refractivity contribution in [1.29, 1.82) is 0 Å². The first-order valence-corrected chi connectivity index (χ1v) is 7.58. The second kappa shape index (κ2) is 4.47. The number of rotatable bonds is 2. The van der Waals surface area contributed by atoms with E-state index in [9.17, 15) is 0 Å².